The van der Waals surface area contributed by atoms with Gasteiger partial charge in [-0.3, -0.25) is 9.97 Å². The van der Waals surface area contributed by atoms with Crippen molar-refractivity contribution >= 4 is 0 Å². The van der Waals surface area contributed by atoms with Gasteiger partial charge in [0.15, 0.2) is 0 Å². The highest BCUT2D eigenvalue weighted by Gasteiger charge is 2.31. The van der Waals surface area contributed by atoms with E-state index in [1.807, 2.05) is 0 Å². The minimum absolute atomic E-state index is 0.715. The van der Waals surface area contributed by atoms with Crippen molar-refractivity contribution in [2.45, 2.75) is 25.9 Å². The van der Waals surface area contributed by atoms with Crippen LogP contribution in [0.5, 0.6) is 0 Å². The van der Waals surface area contributed by atoms with Crippen LogP contribution in [-0.2, 0) is 6.54 Å². The molecule has 0 bridgehead atoms. The first-order valence-corrected chi connectivity index (χ1v) is 4.34. The number of nitrogens with one attached hydrogen (secondary N) is 1. The summed E-state index contributed by atoms with van der Waals surface area (Å²) in [6.45, 7) is 3.11. The van der Waals surface area contributed by atoms with Gasteiger partial charge in [0, 0.05) is 31.2 Å². The molecular formula is C9H13N3. The summed E-state index contributed by atoms with van der Waals surface area (Å²) >= 11 is 0. The summed E-state index contributed by atoms with van der Waals surface area (Å²) in [4.78, 5) is 8.18. The van der Waals surface area contributed by atoms with Gasteiger partial charge in [-0.05, 0) is 12.3 Å². The lowest BCUT2D eigenvalue weighted by atomic mass is 10.4. The van der Waals surface area contributed by atoms with Gasteiger partial charge in [-0.1, -0.05) is 6.92 Å². The van der Waals surface area contributed by atoms with Crippen molar-refractivity contribution in [1.29, 1.82) is 0 Å². The van der Waals surface area contributed by atoms with E-state index in [0.717, 1.165) is 18.2 Å². The smallest absolute Gasteiger partial charge is 0.0724 e. The zero-order chi connectivity index (χ0) is 8.39. The Morgan fingerprint density at radius 2 is 2.42 bits per heavy atom. The van der Waals surface area contributed by atoms with Gasteiger partial charge in [0.05, 0.1) is 5.69 Å². The van der Waals surface area contributed by atoms with Crippen LogP contribution in [0.2, 0.25) is 0 Å². The molecule has 1 heterocycles. The number of rotatable bonds is 3. The molecule has 1 fully saturated rings. The fourth-order valence-corrected chi connectivity index (χ4v) is 1.26. The van der Waals surface area contributed by atoms with Gasteiger partial charge >= 0.3 is 0 Å². The predicted molar refractivity (Wildman–Crippen MR) is 46.4 cm³/mol. The molecule has 64 valence electrons. The summed E-state index contributed by atoms with van der Waals surface area (Å²) in [5.41, 5.74) is 1.02. The maximum absolute atomic E-state index is 4.18. The molecule has 2 rings (SSSR count). The third-order valence-electron chi connectivity index (χ3n) is 2.27. The third kappa shape index (κ3) is 1.80. The summed E-state index contributed by atoms with van der Waals surface area (Å²) in [5.74, 6) is 0.849. The average Bonchev–Trinajstić information content (AvgIpc) is 2.81. The Morgan fingerprint density at radius 3 is 3.00 bits per heavy atom. The van der Waals surface area contributed by atoms with E-state index in [4.69, 9.17) is 0 Å². The van der Waals surface area contributed by atoms with Crippen LogP contribution >= 0.6 is 0 Å². The molecule has 1 saturated carbocycles. The van der Waals surface area contributed by atoms with Crippen LogP contribution in [0, 0.1) is 5.92 Å². The van der Waals surface area contributed by atoms with Crippen molar-refractivity contribution in [1.82, 2.24) is 15.3 Å². The molecule has 0 saturated heterocycles. The summed E-state index contributed by atoms with van der Waals surface area (Å²) < 4.78 is 0. The summed E-state index contributed by atoms with van der Waals surface area (Å²) in [6, 6.07) is 0.715. The van der Waals surface area contributed by atoms with E-state index < -0.39 is 0 Å². The van der Waals surface area contributed by atoms with E-state index in [9.17, 15) is 0 Å². The van der Waals surface area contributed by atoms with E-state index in [1.54, 1.807) is 18.6 Å². The van der Waals surface area contributed by atoms with Crippen molar-refractivity contribution in [2.24, 2.45) is 5.92 Å². The van der Waals surface area contributed by atoms with Gasteiger partial charge in [-0.15, -0.1) is 0 Å². The molecule has 1 aromatic heterocycles. The molecule has 12 heavy (non-hydrogen) atoms. The Morgan fingerprint density at radius 1 is 1.58 bits per heavy atom. The van der Waals surface area contributed by atoms with Crippen molar-refractivity contribution in [2.75, 3.05) is 0 Å². The monoisotopic (exact) mass is 163 g/mol. The van der Waals surface area contributed by atoms with Gasteiger partial charge in [0.1, 0.15) is 0 Å². The van der Waals surface area contributed by atoms with E-state index in [-0.39, 0.29) is 0 Å². The summed E-state index contributed by atoms with van der Waals surface area (Å²) in [5, 5.41) is 3.42. The van der Waals surface area contributed by atoms with Crippen LogP contribution < -0.4 is 5.32 Å². The fraction of sp³-hybridized carbons (Fsp3) is 0.556. The third-order valence-corrected chi connectivity index (χ3v) is 2.27. The highest BCUT2D eigenvalue weighted by atomic mass is 15.0. The molecule has 0 amide bonds. The Kier molecular flexibility index (Phi) is 2.04. The molecule has 0 spiro atoms. The van der Waals surface area contributed by atoms with Crippen molar-refractivity contribution in [3.8, 4) is 0 Å². The van der Waals surface area contributed by atoms with Crippen molar-refractivity contribution in [3.63, 3.8) is 0 Å². The van der Waals surface area contributed by atoms with E-state index >= 15 is 0 Å². The lowest BCUT2D eigenvalue weighted by Crippen LogP contribution is -2.17. The van der Waals surface area contributed by atoms with Crippen molar-refractivity contribution < 1.29 is 0 Å². The topological polar surface area (TPSA) is 37.8 Å². The quantitative estimate of drug-likeness (QED) is 0.721. The van der Waals surface area contributed by atoms with Crippen LogP contribution in [0.15, 0.2) is 18.6 Å². The minimum atomic E-state index is 0.715. The minimum Gasteiger partial charge on any atom is -0.308 e. The highest BCUT2D eigenvalue weighted by Crippen LogP contribution is 2.28. The second-order valence-corrected chi connectivity index (χ2v) is 3.40. The first kappa shape index (κ1) is 7.68. The Labute approximate surface area is 72.2 Å². The zero-order valence-electron chi connectivity index (χ0n) is 7.20. The molecule has 2 atom stereocenters. The number of hydrogen-bond acceptors (Lipinski definition) is 3. The zero-order valence-corrected chi connectivity index (χ0v) is 7.20. The predicted octanol–water partition coefficient (Wildman–Crippen LogP) is 0.975. The van der Waals surface area contributed by atoms with Gasteiger partial charge < -0.3 is 5.32 Å². The van der Waals surface area contributed by atoms with Crippen LogP contribution in [0.4, 0.5) is 0 Å². The average molecular weight is 163 g/mol. The van der Waals surface area contributed by atoms with Gasteiger partial charge in [-0.2, -0.15) is 0 Å². The number of aromatic nitrogens is 2. The maximum Gasteiger partial charge on any atom is 0.0724 e. The van der Waals surface area contributed by atoms with E-state index in [0.29, 0.717) is 6.04 Å². The molecule has 1 aliphatic rings. The molecular weight excluding hydrogens is 150 g/mol. The Balaban J connectivity index is 1.80. The second-order valence-electron chi connectivity index (χ2n) is 3.40. The molecule has 1 N–H and O–H groups in total. The summed E-state index contributed by atoms with van der Waals surface area (Å²) in [6.07, 6.45) is 6.54. The van der Waals surface area contributed by atoms with Gasteiger partial charge in [0.25, 0.3) is 0 Å². The first-order valence-electron chi connectivity index (χ1n) is 4.34. The standard InChI is InChI=1S/C9H13N3/c1-7-4-9(7)12-6-8-5-10-2-3-11-8/h2-3,5,7,9,12H,4,6H2,1H3. The first-order chi connectivity index (χ1) is 5.86. The summed E-state index contributed by atoms with van der Waals surface area (Å²) in [7, 11) is 0. The lowest BCUT2D eigenvalue weighted by Gasteiger charge is -2.00. The molecule has 3 heteroatoms. The SMILES string of the molecule is CC1CC1NCc1cnccn1. The van der Waals surface area contributed by atoms with Crippen molar-refractivity contribution in [3.05, 3.63) is 24.3 Å². The second kappa shape index (κ2) is 3.19. The molecule has 3 nitrogen and oxygen atoms in total. The van der Waals surface area contributed by atoms with E-state index in [1.165, 1.54) is 6.42 Å². The Hall–Kier alpha value is -0.960. The van der Waals surface area contributed by atoms with Crippen LogP contribution in [-0.4, -0.2) is 16.0 Å². The molecule has 0 radical (unpaired) electrons. The lowest BCUT2D eigenvalue weighted by molar-refractivity contribution is 0.640. The van der Waals surface area contributed by atoms with Gasteiger partial charge in [-0.25, -0.2) is 0 Å². The normalized spacial score (nSPS) is 27.1. The van der Waals surface area contributed by atoms with E-state index in [2.05, 4.69) is 22.2 Å². The molecule has 1 aromatic rings. The molecule has 2 unspecified atom stereocenters. The van der Waals surface area contributed by atoms with Crippen LogP contribution in [0.25, 0.3) is 0 Å². The molecule has 1 aliphatic carbocycles. The maximum atomic E-state index is 4.18. The van der Waals surface area contributed by atoms with Crippen LogP contribution in [0.3, 0.4) is 0 Å². The number of nitrogens with zero attached hydrogens (tertiary/aromatic N) is 2. The highest BCUT2D eigenvalue weighted by molar-refractivity contribution is 4.97. The Bertz CT molecular complexity index is 247. The molecule has 0 aliphatic heterocycles. The number of hydrogen-bond donors (Lipinski definition) is 1. The van der Waals surface area contributed by atoms with Gasteiger partial charge in [0.2, 0.25) is 0 Å². The largest absolute Gasteiger partial charge is 0.308 e. The van der Waals surface area contributed by atoms with Crippen LogP contribution in [0.1, 0.15) is 19.0 Å². The fourth-order valence-electron chi connectivity index (χ4n) is 1.26. The molecule has 0 aromatic carbocycles.